The van der Waals surface area contributed by atoms with Gasteiger partial charge in [0.05, 0.1) is 18.7 Å². The van der Waals surface area contributed by atoms with Gasteiger partial charge in [-0.3, -0.25) is 4.79 Å². The Hall–Kier alpha value is -3.33. The summed E-state index contributed by atoms with van der Waals surface area (Å²) in [6.07, 6.45) is 1.87. The maximum atomic E-state index is 12.6. The van der Waals surface area contributed by atoms with Crippen LogP contribution in [0.5, 0.6) is 5.88 Å². The Bertz CT molecular complexity index is 894. The first-order chi connectivity index (χ1) is 11.2. The second-order valence-corrected chi connectivity index (χ2v) is 4.96. The van der Waals surface area contributed by atoms with Gasteiger partial charge in [-0.25, -0.2) is 4.57 Å². The zero-order valence-electron chi connectivity index (χ0n) is 12.3. The van der Waals surface area contributed by atoms with Gasteiger partial charge in [0.2, 0.25) is 5.69 Å². The predicted octanol–water partition coefficient (Wildman–Crippen LogP) is 1.47. The number of para-hydroxylation sites is 1. The molecule has 0 atom stereocenters. The lowest BCUT2D eigenvalue weighted by Gasteiger charge is -2.06. The van der Waals surface area contributed by atoms with E-state index in [-0.39, 0.29) is 18.7 Å². The molecule has 0 radical (unpaired) electrons. The van der Waals surface area contributed by atoms with Crippen molar-refractivity contribution in [3.63, 3.8) is 0 Å². The van der Waals surface area contributed by atoms with Gasteiger partial charge in [0.25, 0.3) is 11.6 Å². The minimum Gasteiger partial charge on any atom is -0.839 e. The van der Waals surface area contributed by atoms with Crippen LogP contribution in [0.2, 0.25) is 0 Å². The van der Waals surface area contributed by atoms with Gasteiger partial charge in [-0.15, -0.1) is 0 Å². The van der Waals surface area contributed by atoms with E-state index in [1.165, 1.54) is 4.57 Å². The van der Waals surface area contributed by atoms with Crippen molar-refractivity contribution in [3.05, 3.63) is 60.4 Å². The number of nitriles is 1. The SMILES string of the molecule is N#CCC[n+]1c([O-])c(C(=O)Nc2ccccc2)n2ccccc21. The molecule has 0 aliphatic rings. The third kappa shape index (κ3) is 2.72. The number of nitrogens with zero attached hydrogens (tertiary/aromatic N) is 3. The number of hydrogen-bond donors (Lipinski definition) is 1. The Labute approximate surface area is 132 Å². The molecule has 0 aliphatic heterocycles. The highest BCUT2D eigenvalue weighted by Gasteiger charge is 2.24. The second kappa shape index (κ2) is 6.20. The van der Waals surface area contributed by atoms with Crippen LogP contribution in [-0.2, 0) is 6.54 Å². The minimum absolute atomic E-state index is 0.0300. The van der Waals surface area contributed by atoms with Crippen LogP contribution in [0.15, 0.2) is 54.7 Å². The fourth-order valence-electron chi connectivity index (χ4n) is 2.47. The number of carbonyl (C=O) groups is 1. The molecular weight excluding hydrogens is 292 g/mol. The van der Waals surface area contributed by atoms with E-state index >= 15 is 0 Å². The molecule has 0 saturated heterocycles. The first-order valence-corrected chi connectivity index (χ1v) is 7.15. The highest BCUT2D eigenvalue weighted by Crippen LogP contribution is 2.17. The number of amides is 1. The number of nitrogens with one attached hydrogen (secondary N) is 1. The van der Waals surface area contributed by atoms with Gasteiger partial charge in [0.15, 0.2) is 0 Å². The molecule has 23 heavy (non-hydrogen) atoms. The Morgan fingerprint density at radius 3 is 2.70 bits per heavy atom. The number of benzene rings is 1. The highest BCUT2D eigenvalue weighted by molar-refractivity contribution is 6.04. The van der Waals surface area contributed by atoms with Crippen molar-refractivity contribution in [2.45, 2.75) is 13.0 Å². The van der Waals surface area contributed by atoms with Crippen molar-refractivity contribution in [2.24, 2.45) is 0 Å². The lowest BCUT2D eigenvalue weighted by atomic mass is 10.3. The van der Waals surface area contributed by atoms with Gasteiger partial charge < -0.3 is 10.4 Å². The van der Waals surface area contributed by atoms with Gasteiger partial charge >= 0.3 is 0 Å². The first-order valence-electron chi connectivity index (χ1n) is 7.15. The monoisotopic (exact) mass is 306 g/mol. The molecule has 0 bridgehead atoms. The Morgan fingerprint density at radius 2 is 1.96 bits per heavy atom. The number of fused-ring (bicyclic) bond motifs is 1. The first kappa shape index (κ1) is 14.6. The van der Waals surface area contributed by atoms with E-state index in [1.54, 1.807) is 53.1 Å². The van der Waals surface area contributed by atoms with Crippen molar-refractivity contribution in [1.82, 2.24) is 4.40 Å². The number of anilines is 1. The maximum absolute atomic E-state index is 12.6. The van der Waals surface area contributed by atoms with E-state index in [9.17, 15) is 9.90 Å². The summed E-state index contributed by atoms with van der Waals surface area (Å²) in [5.41, 5.74) is 1.24. The number of pyridine rings is 1. The quantitative estimate of drug-likeness (QED) is 0.741. The molecule has 6 heteroatoms. The van der Waals surface area contributed by atoms with Gasteiger partial charge in [-0.2, -0.15) is 9.66 Å². The third-order valence-electron chi connectivity index (χ3n) is 3.50. The van der Waals surface area contributed by atoms with Gasteiger partial charge in [0.1, 0.15) is 12.4 Å². The summed E-state index contributed by atoms with van der Waals surface area (Å²) in [6, 6.07) is 16.3. The highest BCUT2D eigenvalue weighted by atomic mass is 16.3. The summed E-state index contributed by atoms with van der Waals surface area (Å²) in [6.45, 7) is 0.251. The molecule has 3 rings (SSSR count). The number of aryl methyl sites for hydroxylation is 1. The Morgan fingerprint density at radius 1 is 1.22 bits per heavy atom. The molecule has 2 aromatic heterocycles. The fourth-order valence-corrected chi connectivity index (χ4v) is 2.47. The summed E-state index contributed by atoms with van der Waals surface area (Å²) in [5.74, 6) is -0.877. The van der Waals surface area contributed by atoms with E-state index in [0.29, 0.717) is 11.3 Å². The maximum Gasteiger partial charge on any atom is 0.299 e. The largest absolute Gasteiger partial charge is 0.839 e. The van der Waals surface area contributed by atoms with Crippen LogP contribution in [-0.4, -0.2) is 10.3 Å². The lowest BCUT2D eigenvalue weighted by Crippen LogP contribution is -2.36. The molecule has 6 nitrogen and oxygen atoms in total. The molecule has 0 fully saturated rings. The van der Waals surface area contributed by atoms with Crippen LogP contribution >= 0.6 is 0 Å². The Balaban J connectivity index is 2.05. The van der Waals surface area contributed by atoms with E-state index in [0.717, 1.165) is 0 Å². The third-order valence-corrected chi connectivity index (χ3v) is 3.50. The summed E-state index contributed by atoms with van der Waals surface area (Å²) in [7, 11) is 0. The van der Waals surface area contributed by atoms with Crippen LogP contribution in [0, 0.1) is 11.3 Å². The summed E-state index contributed by atoms with van der Waals surface area (Å²) < 4.78 is 3.00. The van der Waals surface area contributed by atoms with Crippen molar-refractivity contribution in [2.75, 3.05) is 5.32 Å². The van der Waals surface area contributed by atoms with E-state index in [1.807, 2.05) is 12.1 Å². The molecule has 0 spiro atoms. The summed E-state index contributed by atoms with van der Waals surface area (Å²) >= 11 is 0. The van der Waals surface area contributed by atoms with Crippen LogP contribution in [0.3, 0.4) is 0 Å². The molecule has 2 heterocycles. The van der Waals surface area contributed by atoms with Crippen LogP contribution in [0.1, 0.15) is 16.9 Å². The standard InChI is InChI=1S/C17H14N4O2/c18-10-6-12-21-14-9-4-5-11-20(14)15(17(21)23)16(22)19-13-7-2-1-3-8-13/h1-5,7-9,11H,6,12H2,(H-,19,22,23). The average molecular weight is 306 g/mol. The molecule has 1 N–H and O–H groups in total. The number of hydrogen-bond acceptors (Lipinski definition) is 3. The van der Waals surface area contributed by atoms with Crippen LogP contribution < -0.4 is 15.0 Å². The zero-order chi connectivity index (χ0) is 16.2. The number of carbonyl (C=O) groups excluding carboxylic acids is 1. The summed E-state index contributed by atoms with van der Waals surface area (Å²) in [4.78, 5) is 12.5. The predicted molar refractivity (Wildman–Crippen MR) is 81.7 cm³/mol. The Kier molecular flexibility index (Phi) is 3.93. The van der Waals surface area contributed by atoms with Gasteiger partial charge in [0, 0.05) is 11.8 Å². The van der Waals surface area contributed by atoms with Gasteiger partial charge in [-0.1, -0.05) is 24.3 Å². The molecular formula is C17H14N4O2. The molecule has 3 aromatic rings. The fraction of sp³-hybridized carbons (Fsp3) is 0.118. The smallest absolute Gasteiger partial charge is 0.299 e. The van der Waals surface area contributed by atoms with Gasteiger partial charge in [-0.05, 0) is 18.2 Å². The van der Waals surface area contributed by atoms with E-state index in [4.69, 9.17) is 5.26 Å². The van der Waals surface area contributed by atoms with E-state index < -0.39 is 11.8 Å². The number of rotatable bonds is 4. The summed E-state index contributed by atoms with van der Waals surface area (Å²) in [5, 5.41) is 24.1. The number of imidazole rings is 1. The minimum atomic E-state index is -0.474. The van der Waals surface area contributed by atoms with Crippen molar-refractivity contribution >= 4 is 17.2 Å². The topological polar surface area (TPSA) is 84.2 Å². The number of aromatic nitrogens is 2. The van der Waals surface area contributed by atoms with Crippen molar-refractivity contribution in [1.29, 1.82) is 5.26 Å². The molecule has 0 saturated carbocycles. The van der Waals surface area contributed by atoms with Crippen LogP contribution in [0.4, 0.5) is 5.69 Å². The van der Waals surface area contributed by atoms with Crippen molar-refractivity contribution < 1.29 is 14.5 Å². The molecule has 114 valence electrons. The zero-order valence-corrected chi connectivity index (χ0v) is 12.3. The molecule has 0 unspecified atom stereocenters. The second-order valence-electron chi connectivity index (χ2n) is 4.96. The molecule has 0 aliphatic carbocycles. The average Bonchev–Trinajstić information content (AvgIpc) is 2.85. The van der Waals surface area contributed by atoms with Crippen molar-refractivity contribution in [3.8, 4) is 11.9 Å². The van der Waals surface area contributed by atoms with Crippen LogP contribution in [0.25, 0.3) is 5.65 Å². The molecule has 1 amide bonds. The molecule has 1 aromatic carbocycles. The normalized spacial score (nSPS) is 10.4. The van der Waals surface area contributed by atoms with E-state index in [2.05, 4.69) is 5.32 Å². The lowest BCUT2D eigenvalue weighted by molar-refractivity contribution is -0.711.